The van der Waals surface area contributed by atoms with Crippen LogP contribution in [0.5, 0.6) is 0 Å². The van der Waals surface area contributed by atoms with E-state index in [2.05, 4.69) is 32.9 Å². The van der Waals surface area contributed by atoms with Crippen molar-refractivity contribution in [1.82, 2.24) is 0 Å². The van der Waals surface area contributed by atoms with Gasteiger partial charge < -0.3 is 5.73 Å². The Morgan fingerprint density at radius 2 is 1.79 bits per heavy atom. The van der Waals surface area contributed by atoms with Crippen molar-refractivity contribution in [3.63, 3.8) is 0 Å². The number of hydrogen-bond donors (Lipinski definition) is 1. The molecule has 0 amide bonds. The van der Waals surface area contributed by atoms with Crippen LogP contribution in [0.25, 0.3) is 0 Å². The summed E-state index contributed by atoms with van der Waals surface area (Å²) >= 11 is 1.97. The number of allylic oxidation sites excluding steroid dienone is 2. The molecule has 0 saturated heterocycles. The second-order valence-corrected chi connectivity index (χ2v) is 5.46. The van der Waals surface area contributed by atoms with Gasteiger partial charge in [-0.15, -0.1) is 0 Å². The van der Waals surface area contributed by atoms with E-state index in [4.69, 9.17) is 5.73 Å². The maximum absolute atomic E-state index is 5.43. The van der Waals surface area contributed by atoms with E-state index in [0.29, 0.717) is 0 Å². The predicted octanol–water partition coefficient (Wildman–Crippen LogP) is 3.31. The molecule has 0 spiro atoms. The molecule has 0 rings (SSSR count). The molecule has 0 radical (unpaired) electrons. The number of thioether (sulfide) groups is 1. The first-order chi connectivity index (χ1) is 6.66. The third-order valence-electron chi connectivity index (χ3n) is 1.98. The van der Waals surface area contributed by atoms with E-state index in [1.165, 1.54) is 18.6 Å². The van der Waals surface area contributed by atoms with Gasteiger partial charge in [0.05, 0.1) is 0 Å². The quantitative estimate of drug-likeness (QED) is 0.496. The lowest BCUT2D eigenvalue weighted by atomic mass is 10.1. The summed E-state index contributed by atoms with van der Waals surface area (Å²) < 4.78 is 0. The van der Waals surface area contributed by atoms with Crippen LogP contribution in [0.2, 0.25) is 0 Å². The minimum atomic E-state index is 0.785. The van der Waals surface area contributed by atoms with Gasteiger partial charge in [0.2, 0.25) is 0 Å². The summed E-state index contributed by atoms with van der Waals surface area (Å²) in [7, 11) is 0. The molecule has 0 aliphatic heterocycles. The molecule has 0 aromatic carbocycles. The fraction of sp³-hybridized carbons (Fsp3) is 0.833. The van der Waals surface area contributed by atoms with Crippen LogP contribution in [0.15, 0.2) is 12.2 Å². The van der Waals surface area contributed by atoms with Gasteiger partial charge in [0.15, 0.2) is 0 Å². The maximum Gasteiger partial charge on any atom is 0.00559 e. The van der Waals surface area contributed by atoms with E-state index >= 15 is 0 Å². The van der Waals surface area contributed by atoms with Gasteiger partial charge in [-0.1, -0.05) is 32.9 Å². The number of hydrogen-bond acceptors (Lipinski definition) is 2. The van der Waals surface area contributed by atoms with Gasteiger partial charge in [0.1, 0.15) is 0 Å². The smallest absolute Gasteiger partial charge is 0.00559 e. The monoisotopic (exact) mass is 215 g/mol. The van der Waals surface area contributed by atoms with E-state index in [1.807, 2.05) is 11.8 Å². The van der Waals surface area contributed by atoms with Crippen molar-refractivity contribution in [2.45, 2.75) is 33.6 Å². The van der Waals surface area contributed by atoms with Crippen LogP contribution >= 0.6 is 11.8 Å². The average Bonchev–Trinajstić information content (AvgIpc) is 2.13. The van der Waals surface area contributed by atoms with Crippen LogP contribution in [0.3, 0.4) is 0 Å². The Labute approximate surface area is 93.5 Å². The molecule has 0 bridgehead atoms. The molecule has 0 fully saturated rings. The van der Waals surface area contributed by atoms with Crippen LogP contribution in [0.1, 0.15) is 33.6 Å². The fourth-order valence-electron chi connectivity index (χ4n) is 1.13. The molecule has 0 aliphatic rings. The van der Waals surface area contributed by atoms with Crippen molar-refractivity contribution in [3.8, 4) is 0 Å². The first kappa shape index (κ1) is 14.1. The molecule has 0 aliphatic carbocycles. The Morgan fingerprint density at radius 1 is 1.14 bits per heavy atom. The first-order valence-corrected chi connectivity index (χ1v) is 6.75. The van der Waals surface area contributed by atoms with Crippen molar-refractivity contribution >= 4 is 11.8 Å². The fourth-order valence-corrected chi connectivity index (χ4v) is 2.00. The second-order valence-electron chi connectivity index (χ2n) is 4.31. The van der Waals surface area contributed by atoms with Crippen LogP contribution in [0.4, 0.5) is 0 Å². The summed E-state index contributed by atoms with van der Waals surface area (Å²) in [5.74, 6) is 3.91. The summed E-state index contributed by atoms with van der Waals surface area (Å²) in [6.07, 6.45) is 7.06. The van der Waals surface area contributed by atoms with Crippen molar-refractivity contribution < 1.29 is 0 Å². The van der Waals surface area contributed by atoms with E-state index < -0.39 is 0 Å². The zero-order chi connectivity index (χ0) is 10.8. The molecule has 1 nitrogen and oxygen atoms in total. The summed E-state index contributed by atoms with van der Waals surface area (Å²) in [6, 6.07) is 0. The van der Waals surface area contributed by atoms with Crippen LogP contribution in [-0.4, -0.2) is 18.1 Å². The van der Waals surface area contributed by atoms with Gasteiger partial charge in [0.25, 0.3) is 0 Å². The van der Waals surface area contributed by atoms with Crippen molar-refractivity contribution in [1.29, 1.82) is 0 Å². The van der Waals surface area contributed by atoms with Crippen LogP contribution in [0, 0.1) is 11.8 Å². The molecule has 1 atom stereocenters. The largest absolute Gasteiger partial charge is 0.330 e. The van der Waals surface area contributed by atoms with E-state index in [1.54, 1.807) is 0 Å². The molecule has 0 heterocycles. The van der Waals surface area contributed by atoms with Gasteiger partial charge >= 0.3 is 0 Å². The highest BCUT2D eigenvalue weighted by Crippen LogP contribution is 2.12. The predicted molar refractivity (Wildman–Crippen MR) is 68.8 cm³/mol. The van der Waals surface area contributed by atoms with Gasteiger partial charge in [-0.05, 0) is 30.4 Å². The molecular formula is C12H25NS. The summed E-state index contributed by atoms with van der Waals surface area (Å²) in [5.41, 5.74) is 5.43. The van der Waals surface area contributed by atoms with Gasteiger partial charge in [0, 0.05) is 12.3 Å². The molecule has 2 heteroatoms. The zero-order valence-electron chi connectivity index (χ0n) is 9.83. The van der Waals surface area contributed by atoms with E-state index in [-0.39, 0.29) is 0 Å². The highest BCUT2D eigenvalue weighted by Gasteiger charge is 1.98. The summed E-state index contributed by atoms with van der Waals surface area (Å²) in [6.45, 7) is 7.62. The Kier molecular flexibility index (Phi) is 9.63. The number of nitrogens with two attached hydrogens (primary N) is 1. The summed E-state index contributed by atoms with van der Waals surface area (Å²) in [5, 5.41) is 0. The normalized spacial score (nSPS) is 14.1. The molecule has 84 valence electrons. The standard InChI is InChI=1S/C12H25NS/c1-11(2)6-4-5-7-12(3)10-14-9-8-13/h4-5,11-12H,6-10,13H2,1-3H3/b5-4-. The average molecular weight is 215 g/mol. The zero-order valence-corrected chi connectivity index (χ0v) is 10.6. The lowest BCUT2D eigenvalue weighted by molar-refractivity contribution is 0.648. The molecule has 14 heavy (non-hydrogen) atoms. The van der Waals surface area contributed by atoms with Crippen molar-refractivity contribution in [2.24, 2.45) is 17.6 Å². The third-order valence-corrected chi connectivity index (χ3v) is 3.31. The molecule has 1 unspecified atom stereocenters. The third kappa shape index (κ3) is 10.1. The number of rotatable bonds is 8. The van der Waals surface area contributed by atoms with Crippen LogP contribution in [-0.2, 0) is 0 Å². The SMILES string of the molecule is CC(C)C/C=C\CC(C)CSCCN. The molecule has 2 N–H and O–H groups in total. The topological polar surface area (TPSA) is 26.0 Å². The van der Waals surface area contributed by atoms with Crippen molar-refractivity contribution in [3.05, 3.63) is 12.2 Å². The van der Waals surface area contributed by atoms with Crippen LogP contribution < -0.4 is 5.73 Å². The molecule has 0 aromatic rings. The van der Waals surface area contributed by atoms with E-state index in [0.717, 1.165) is 24.1 Å². The minimum absolute atomic E-state index is 0.785. The first-order valence-electron chi connectivity index (χ1n) is 5.59. The summed E-state index contributed by atoms with van der Waals surface area (Å²) in [4.78, 5) is 0. The lowest BCUT2D eigenvalue weighted by Crippen LogP contribution is -2.04. The highest BCUT2D eigenvalue weighted by molar-refractivity contribution is 7.99. The van der Waals surface area contributed by atoms with Crippen molar-refractivity contribution in [2.75, 3.05) is 18.1 Å². The Bertz CT molecular complexity index is 143. The molecule has 0 aromatic heterocycles. The van der Waals surface area contributed by atoms with Gasteiger partial charge in [-0.25, -0.2) is 0 Å². The van der Waals surface area contributed by atoms with E-state index in [9.17, 15) is 0 Å². The molecular weight excluding hydrogens is 190 g/mol. The van der Waals surface area contributed by atoms with Gasteiger partial charge in [-0.2, -0.15) is 11.8 Å². The Hall–Kier alpha value is 0.0500. The lowest BCUT2D eigenvalue weighted by Gasteiger charge is -2.07. The Morgan fingerprint density at radius 3 is 2.36 bits per heavy atom. The highest BCUT2D eigenvalue weighted by atomic mass is 32.2. The second kappa shape index (κ2) is 9.60. The van der Waals surface area contributed by atoms with Gasteiger partial charge in [-0.3, -0.25) is 0 Å². The molecule has 0 saturated carbocycles. The maximum atomic E-state index is 5.43. The minimum Gasteiger partial charge on any atom is -0.330 e. The Balaban J connectivity index is 3.33.